The largest absolute Gasteiger partial charge is 0.382 e. The number of fused-ring (bicyclic) bond motifs is 1. The van der Waals surface area contributed by atoms with Crippen LogP contribution in [-0.4, -0.2) is 36.8 Å². The predicted octanol–water partition coefficient (Wildman–Crippen LogP) is 3.75. The maximum absolute atomic E-state index is 13.2. The van der Waals surface area contributed by atoms with Gasteiger partial charge in [-0.15, -0.1) is 0 Å². The van der Waals surface area contributed by atoms with Crippen LogP contribution in [0.15, 0.2) is 46.9 Å². The van der Waals surface area contributed by atoms with Crippen molar-refractivity contribution in [3.63, 3.8) is 0 Å². The summed E-state index contributed by atoms with van der Waals surface area (Å²) in [5, 5.41) is 17.2. The van der Waals surface area contributed by atoms with Gasteiger partial charge in [-0.05, 0) is 55.7 Å². The number of hydrogen-bond acceptors (Lipinski definition) is 4. The smallest absolute Gasteiger partial charge is 0.329 e. The lowest BCUT2D eigenvalue weighted by Crippen LogP contribution is -2.62. The maximum Gasteiger partial charge on any atom is 0.329 e. The van der Waals surface area contributed by atoms with Gasteiger partial charge < -0.3 is 20.5 Å². The van der Waals surface area contributed by atoms with Crippen LogP contribution in [0.3, 0.4) is 0 Å². The van der Waals surface area contributed by atoms with Gasteiger partial charge in [0.2, 0.25) is 0 Å². The molecule has 0 bridgehead atoms. The van der Waals surface area contributed by atoms with Crippen LogP contribution in [-0.2, 0) is 21.7 Å². The number of halogens is 1. The van der Waals surface area contributed by atoms with E-state index in [1.165, 1.54) is 0 Å². The highest BCUT2D eigenvalue weighted by molar-refractivity contribution is 9.10. The standard InChI is InChI=1S/C22H26BrN3O4/c1-3-15-6-9-17(10-7-15)26-21(28)25-19-11-8-16(23)14-18(19)22(26,29)20(27)24-12-5-13-30-4-2/h6-11,14,29H,3-5,12-13H2,1-2H3,(H,24,27)(H,25,28)/t22-/m0/s1. The van der Waals surface area contributed by atoms with Gasteiger partial charge in [0.25, 0.3) is 11.6 Å². The number of anilines is 2. The van der Waals surface area contributed by atoms with Gasteiger partial charge in [-0.2, -0.15) is 0 Å². The van der Waals surface area contributed by atoms with E-state index >= 15 is 0 Å². The average molecular weight is 476 g/mol. The highest BCUT2D eigenvalue weighted by Crippen LogP contribution is 2.41. The highest BCUT2D eigenvalue weighted by Gasteiger charge is 2.52. The van der Waals surface area contributed by atoms with E-state index in [-0.39, 0.29) is 0 Å². The van der Waals surface area contributed by atoms with Crippen molar-refractivity contribution in [2.24, 2.45) is 0 Å². The van der Waals surface area contributed by atoms with E-state index in [9.17, 15) is 14.7 Å². The molecule has 2 aromatic carbocycles. The number of aryl methyl sites for hydroxylation is 1. The van der Waals surface area contributed by atoms with E-state index < -0.39 is 17.7 Å². The van der Waals surface area contributed by atoms with Crippen LogP contribution in [0.25, 0.3) is 0 Å². The van der Waals surface area contributed by atoms with Crippen LogP contribution >= 0.6 is 15.9 Å². The predicted molar refractivity (Wildman–Crippen MR) is 119 cm³/mol. The van der Waals surface area contributed by atoms with E-state index in [1.54, 1.807) is 30.3 Å². The molecule has 2 aromatic rings. The fourth-order valence-corrected chi connectivity index (χ4v) is 3.77. The molecule has 8 heteroatoms. The number of amides is 3. The normalized spacial score (nSPS) is 18.0. The van der Waals surface area contributed by atoms with Crippen LogP contribution in [0.2, 0.25) is 0 Å². The number of carbonyl (C=O) groups is 2. The molecule has 3 rings (SSSR count). The first kappa shape index (κ1) is 22.3. The number of rotatable bonds is 8. The van der Waals surface area contributed by atoms with Crippen molar-refractivity contribution < 1.29 is 19.4 Å². The molecule has 160 valence electrons. The lowest BCUT2D eigenvalue weighted by atomic mass is 9.94. The van der Waals surface area contributed by atoms with E-state index in [4.69, 9.17) is 4.74 Å². The molecule has 0 saturated heterocycles. The van der Waals surface area contributed by atoms with Gasteiger partial charge in [0.15, 0.2) is 0 Å². The number of ether oxygens (including phenoxy) is 1. The van der Waals surface area contributed by atoms with Gasteiger partial charge in [-0.3, -0.25) is 9.69 Å². The van der Waals surface area contributed by atoms with E-state index in [2.05, 4.69) is 26.6 Å². The zero-order valence-electron chi connectivity index (χ0n) is 17.1. The van der Waals surface area contributed by atoms with Crippen LogP contribution in [0.4, 0.5) is 16.2 Å². The van der Waals surface area contributed by atoms with Crippen molar-refractivity contribution in [2.75, 3.05) is 30.0 Å². The molecule has 30 heavy (non-hydrogen) atoms. The molecule has 0 aromatic heterocycles. The highest BCUT2D eigenvalue weighted by atomic mass is 79.9. The summed E-state index contributed by atoms with van der Waals surface area (Å²) >= 11 is 3.39. The Morgan fingerprint density at radius 1 is 1.23 bits per heavy atom. The molecule has 0 radical (unpaired) electrons. The maximum atomic E-state index is 13.2. The SMILES string of the molecule is CCOCCCNC(=O)[C@@]1(O)c2cc(Br)ccc2NC(=O)N1c1ccc(CC)cc1. The van der Waals surface area contributed by atoms with Crippen LogP contribution in [0, 0.1) is 0 Å². The van der Waals surface area contributed by atoms with Crippen molar-refractivity contribution in [2.45, 2.75) is 32.4 Å². The number of nitrogens with zero attached hydrogens (tertiary/aromatic N) is 1. The summed E-state index contributed by atoms with van der Waals surface area (Å²) in [5.74, 6) is -0.673. The summed E-state index contributed by atoms with van der Waals surface area (Å²) in [4.78, 5) is 27.3. The Labute approximate surface area is 184 Å². The minimum atomic E-state index is -2.21. The second-order valence-electron chi connectivity index (χ2n) is 6.95. The van der Waals surface area contributed by atoms with Crippen LogP contribution in [0.5, 0.6) is 0 Å². The average Bonchev–Trinajstić information content (AvgIpc) is 2.74. The van der Waals surface area contributed by atoms with Gasteiger partial charge >= 0.3 is 6.03 Å². The number of aliphatic hydroxyl groups is 1. The second kappa shape index (κ2) is 9.59. The molecule has 1 atom stereocenters. The minimum absolute atomic E-state index is 0.290. The Morgan fingerprint density at radius 2 is 1.97 bits per heavy atom. The van der Waals surface area contributed by atoms with Gasteiger partial charge in [0, 0.05) is 35.5 Å². The molecule has 3 N–H and O–H groups in total. The summed E-state index contributed by atoms with van der Waals surface area (Å²) in [7, 11) is 0. The Balaban J connectivity index is 2.00. The Hall–Kier alpha value is -2.42. The Morgan fingerprint density at radius 3 is 2.63 bits per heavy atom. The summed E-state index contributed by atoms with van der Waals surface area (Å²) in [6.07, 6.45) is 1.44. The molecule has 3 amide bonds. The third-order valence-corrected chi connectivity index (χ3v) is 5.49. The van der Waals surface area contributed by atoms with Crippen molar-refractivity contribution in [3.8, 4) is 0 Å². The third-order valence-electron chi connectivity index (χ3n) is 5.00. The molecule has 0 unspecified atom stereocenters. The number of nitrogens with one attached hydrogen (secondary N) is 2. The quantitative estimate of drug-likeness (QED) is 0.507. The lowest BCUT2D eigenvalue weighted by molar-refractivity contribution is -0.140. The summed E-state index contributed by atoms with van der Waals surface area (Å²) < 4.78 is 5.97. The number of benzene rings is 2. The topological polar surface area (TPSA) is 90.9 Å². The van der Waals surface area contributed by atoms with Crippen molar-refractivity contribution in [3.05, 3.63) is 58.1 Å². The number of urea groups is 1. The van der Waals surface area contributed by atoms with Gasteiger partial charge in [-0.1, -0.05) is 35.0 Å². The molecular formula is C22H26BrN3O4. The molecule has 1 aliphatic heterocycles. The zero-order valence-corrected chi connectivity index (χ0v) is 18.7. The molecule has 0 saturated carbocycles. The molecule has 1 aliphatic rings. The fourth-order valence-electron chi connectivity index (χ4n) is 3.40. The Kier molecular flexibility index (Phi) is 7.12. The molecule has 0 spiro atoms. The molecule has 1 heterocycles. The van der Waals surface area contributed by atoms with Crippen molar-refractivity contribution in [1.82, 2.24) is 5.32 Å². The molecule has 7 nitrogen and oxygen atoms in total. The van der Waals surface area contributed by atoms with Gasteiger partial charge in [0.05, 0.1) is 5.69 Å². The van der Waals surface area contributed by atoms with E-state index in [1.807, 2.05) is 26.0 Å². The van der Waals surface area contributed by atoms with Crippen molar-refractivity contribution in [1.29, 1.82) is 0 Å². The molecule has 0 fully saturated rings. The monoisotopic (exact) mass is 475 g/mol. The van der Waals surface area contributed by atoms with Crippen LogP contribution in [0.1, 0.15) is 31.4 Å². The van der Waals surface area contributed by atoms with E-state index in [0.717, 1.165) is 16.9 Å². The molecule has 0 aliphatic carbocycles. The van der Waals surface area contributed by atoms with Gasteiger partial charge in [0.1, 0.15) is 0 Å². The van der Waals surface area contributed by atoms with Crippen LogP contribution < -0.4 is 15.5 Å². The second-order valence-corrected chi connectivity index (χ2v) is 7.87. The lowest BCUT2D eigenvalue weighted by Gasteiger charge is -2.42. The number of carbonyl (C=O) groups excluding carboxylic acids is 2. The first-order chi connectivity index (χ1) is 14.4. The summed E-state index contributed by atoms with van der Waals surface area (Å²) in [6, 6.07) is 11.7. The first-order valence-corrected chi connectivity index (χ1v) is 10.8. The first-order valence-electron chi connectivity index (χ1n) is 10.00. The minimum Gasteiger partial charge on any atom is -0.382 e. The molecular weight excluding hydrogens is 450 g/mol. The fraction of sp³-hybridized carbons (Fsp3) is 0.364. The van der Waals surface area contributed by atoms with E-state index in [0.29, 0.717) is 47.6 Å². The number of hydrogen-bond donors (Lipinski definition) is 3. The third kappa shape index (κ3) is 4.35. The van der Waals surface area contributed by atoms with Gasteiger partial charge in [-0.25, -0.2) is 4.79 Å². The summed E-state index contributed by atoms with van der Waals surface area (Å²) in [6.45, 7) is 5.34. The summed E-state index contributed by atoms with van der Waals surface area (Å²) in [5.41, 5.74) is -0.0266. The zero-order chi connectivity index (χ0) is 21.7. The van der Waals surface area contributed by atoms with Crippen molar-refractivity contribution >= 4 is 39.2 Å². The Bertz CT molecular complexity index is 919.